The van der Waals surface area contributed by atoms with Gasteiger partial charge in [0, 0.05) is 30.9 Å². The van der Waals surface area contributed by atoms with Crippen molar-refractivity contribution in [2.75, 3.05) is 6.54 Å². The summed E-state index contributed by atoms with van der Waals surface area (Å²) < 4.78 is 69.2. The number of pyridine rings is 1. The molecule has 4 rings (SSSR count). The standard InChI is InChI=1S/C28H22ClF5N2O/c29-22-7-9-26(36-16-22)27(14-18-4-2-1-3-5-18,17-35-15-19-6-8-23(30)13-25(19)37)20-10-21(28(32,33)34)12-24(31)11-20/h1-13,16,35,37H,14-15,17H2/t27-/m0/s1. The molecule has 9 heteroatoms. The minimum atomic E-state index is -4.77. The van der Waals surface area contributed by atoms with Crippen LogP contribution in [-0.2, 0) is 24.6 Å². The summed E-state index contributed by atoms with van der Waals surface area (Å²) in [5, 5.41) is 13.6. The van der Waals surface area contributed by atoms with E-state index in [4.69, 9.17) is 11.6 Å². The van der Waals surface area contributed by atoms with Gasteiger partial charge in [0.2, 0.25) is 0 Å². The predicted molar refractivity (Wildman–Crippen MR) is 131 cm³/mol. The van der Waals surface area contributed by atoms with Gasteiger partial charge in [-0.05, 0) is 53.9 Å². The molecule has 0 bridgehead atoms. The Kier molecular flexibility index (Phi) is 7.80. The lowest BCUT2D eigenvalue weighted by Gasteiger charge is -2.35. The molecule has 1 aromatic heterocycles. The molecule has 0 saturated carbocycles. The van der Waals surface area contributed by atoms with Gasteiger partial charge in [-0.15, -0.1) is 0 Å². The molecule has 2 N–H and O–H groups in total. The molecule has 0 radical (unpaired) electrons. The van der Waals surface area contributed by atoms with Crippen molar-refractivity contribution in [2.45, 2.75) is 24.6 Å². The van der Waals surface area contributed by atoms with Gasteiger partial charge in [-0.2, -0.15) is 13.2 Å². The highest BCUT2D eigenvalue weighted by molar-refractivity contribution is 6.30. The first-order valence-electron chi connectivity index (χ1n) is 11.3. The highest BCUT2D eigenvalue weighted by Crippen LogP contribution is 2.39. The summed E-state index contributed by atoms with van der Waals surface area (Å²) in [5.74, 6) is -1.91. The Balaban J connectivity index is 1.85. The summed E-state index contributed by atoms with van der Waals surface area (Å²) in [4.78, 5) is 4.43. The third-order valence-electron chi connectivity index (χ3n) is 6.13. The van der Waals surface area contributed by atoms with Gasteiger partial charge in [0.15, 0.2) is 0 Å². The van der Waals surface area contributed by atoms with Crippen LogP contribution < -0.4 is 5.32 Å². The molecule has 4 aromatic rings. The topological polar surface area (TPSA) is 45.1 Å². The van der Waals surface area contributed by atoms with Crippen LogP contribution in [0, 0.1) is 11.6 Å². The summed E-state index contributed by atoms with van der Waals surface area (Å²) >= 11 is 6.05. The number of rotatable bonds is 8. The molecule has 3 aromatic carbocycles. The number of phenolic OH excluding ortho intramolecular Hbond substituents is 1. The first kappa shape index (κ1) is 26.6. The van der Waals surface area contributed by atoms with E-state index in [0.717, 1.165) is 23.8 Å². The molecule has 0 unspecified atom stereocenters. The molecular weight excluding hydrogens is 511 g/mol. The molecule has 192 valence electrons. The number of halogens is 6. The van der Waals surface area contributed by atoms with Crippen molar-refractivity contribution in [3.05, 3.63) is 130 Å². The zero-order valence-electron chi connectivity index (χ0n) is 19.4. The van der Waals surface area contributed by atoms with E-state index in [9.17, 15) is 27.1 Å². The summed E-state index contributed by atoms with van der Waals surface area (Å²) in [6.45, 7) is 0.0752. The molecule has 0 aliphatic rings. The number of nitrogens with one attached hydrogen (secondary N) is 1. The second-order valence-electron chi connectivity index (χ2n) is 8.71. The number of aromatic hydroxyl groups is 1. The number of nitrogens with zero attached hydrogens (tertiary/aromatic N) is 1. The van der Waals surface area contributed by atoms with Crippen LogP contribution in [0.5, 0.6) is 5.75 Å². The van der Waals surface area contributed by atoms with Gasteiger partial charge < -0.3 is 10.4 Å². The fourth-order valence-electron chi connectivity index (χ4n) is 4.33. The first-order chi connectivity index (χ1) is 17.6. The summed E-state index contributed by atoms with van der Waals surface area (Å²) in [5.41, 5.74) is -0.795. The van der Waals surface area contributed by atoms with Crippen LogP contribution in [0.1, 0.15) is 27.9 Å². The lowest BCUT2D eigenvalue weighted by molar-refractivity contribution is -0.137. The fourth-order valence-corrected chi connectivity index (χ4v) is 4.44. The average Bonchev–Trinajstić information content (AvgIpc) is 2.85. The molecule has 0 saturated heterocycles. The Bertz CT molecular complexity index is 1360. The van der Waals surface area contributed by atoms with Crippen LogP contribution in [-0.4, -0.2) is 16.6 Å². The number of alkyl halides is 3. The average molecular weight is 533 g/mol. The van der Waals surface area contributed by atoms with Crippen molar-refractivity contribution >= 4 is 11.6 Å². The predicted octanol–water partition coefficient (Wildman–Crippen LogP) is 7.06. The molecule has 0 fully saturated rings. The number of benzene rings is 3. The van der Waals surface area contributed by atoms with E-state index in [-0.39, 0.29) is 30.8 Å². The van der Waals surface area contributed by atoms with Crippen molar-refractivity contribution in [3.63, 3.8) is 0 Å². The number of hydrogen-bond donors (Lipinski definition) is 2. The van der Waals surface area contributed by atoms with Crippen LogP contribution in [0.2, 0.25) is 5.02 Å². The van der Waals surface area contributed by atoms with E-state index >= 15 is 0 Å². The maximum atomic E-state index is 14.7. The Morgan fingerprint density at radius 3 is 2.22 bits per heavy atom. The molecule has 0 amide bonds. The van der Waals surface area contributed by atoms with Crippen molar-refractivity contribution in [1.82, 2.24) is 10.3 Å². The SMILES string of the molecule is Oc1cc(F)ccc1CNC[C@@](Cc1ccccc1)(c1cc(F)cc(C(F)(F)F)c1)c1ccc(Cl)cn1. The molecule has 0 spiro atoms. The quantitative estimate of drug-likeness (QED) is 0.239. The lowest BCUT2D eigenvalue weighted by atomic mass is 9.72. The van der Waals surface area contributed by atoms with E-state index < -0.39 is 28.8 Å². The zero-order chi connectivity index (χ0) is 26.6. The highest BCUT2D eigenvalue weighted by Gasteiger charge is 2.39. The Morgan fingerprint density at radius 2 is 1.57 bits per heavy atom. The van der Waals surface area contributed by atoms with Crippen LogP contribution in [0.15, 0.2) is 85.1 Å². The van der Waals surface area contributed by atoms with E-state index in [1.54, 1.807) is 24.3 Å². The van der Waals surface area contributed by atoms with Gasteiger partial charge in [0.05, 0.1) is 21.7 Å². The van der Waals surface area contributed by atoms with Gasteiger partial charge in [0.25, 0.3) is 0 Å². The third kappa shape index (κ3) is 6.26. The molecule has 1 heterocycles. The Morgan fingerprint density at radius 1 is 0.838 bits per heavy atom. The molecule has 0 aliphatic carbocycles. The molecule has 0 aliphatic heterocycles. The summed E-state index contributed by atoms with van der Waals surface area (Å²) in [7, 11) is 0. The first-order valence-corrected chi connectivity index (χ1v) is 11.7. The van der Waals surface area contributed by atoms with E-state index in [1.807, 2.05) is 18.2 Å². The second-order valence-corrected chi connectivity index (χ2v) is 9.15. The van der Waals surface area contributed by atoms with Gasteiger partial charge in [-0.25, -0.2) is 8.78 Å². The van der Waals surface area contributed by atoms with Crippen LogP contribution >= 0.6 is 11.6 Å². The Hall–Kier alpha value is -3.49. The molecule has 1 atom stereocenters. The van der Waals surface area contributed by atoms with Crippen LogP contribution in [0.3, 0.4) is 0 Å². The van der Waals surface area contributed by atoms with Gasteiger partial charge in [-0.1, -0.05) is 48.0 Å². The van der Waals surface area contributed by atoms with Gasteiger partial charge in [0.1, 0.15) is 17.4 Å². The third-order valence-corrected chi connectivity index (χ3v) is 6.36. The maximum absolute atomic E-state index is 14.7. The smallest absolute Gasteiger partial charge is 0.416 e. The van der Waals surface area contributed by atoms with E-state index in [2.05, 4.69) is 10.3 Å². The van der Waals surface area contributed by atoms with Crippen molar-refractivity contribution in [2.24, 2.45) is 0 Å². The normalized spacial score (nSPS) is 13.4. The van der Waals surface area contributed by atoms with E-state index in [0.29, 0.717) is 22.3 Å². The van der Waals surface area contributed by atoms with Crippen molar-refractivity contribution in [3.8, 4) is 5.75 Å². The minimum Gasteiger partial charge on any atom is -0.508 e. The van der Waals surface area contributed by atoms with Gasteiger partial charge in [-0.3, -0.25) is 4.98 Å². The van der Waals surface area contributed by atoms with Crippen LogP contribution in [0.4, 0.5) is 22.0 Å². The molecule has 3 nitrogen and oxygen atoms in total. The second kappa shape index (κ2) is 10.9. The summed E-state index contributed by atoms with van der Waals surface area (Å²) in [6, 6.07) is 18.2. The number of phenols is 1. The van der Waals surface area contributed by atoms with Crippen LogP contribution in [0.25, 0.3) is 0 Å². The monoisotopic (exact) mass is 532 g/mol. The maximum Gasteiger partial charge on any atom is 0.416 e. The zero-order valence-corrected chi connectivity index (χ0v) is 20.1. The highest BCUT2D eigenvalue weighted by atomic mass is 35.5. The van der Waals surface area contributed by atoms with Crippen molar-refractivity contribution in [1.29, 1.82) is 0 Å². The van der Waals surface area contributed by atoms with E-state index in [1.165, 1.54) is 18.3 Å². The van der Waals surface area contributed by atoms with Crippen molar-refractivity contribution < 1.29 is 27.1 Å². The number of hydrogen-bond acceptors (Lipinski definition) is 3. The fraction of sp³-hybridized carbons (Fsp3) is 0.179. The largest absolute Gasteiger partial charge is 0.508 e. The van der Waals surface area contributed by atoms with Gasteiger partial charge >= 0.3 is 6.18 Å². The molecular formula is C28H22ClF5N2O. The Labute approximate surface area is 215 Å². The molecule has 37 heavy (non-hydrogen) atoms. The lowest BCUT2D eigenvalue weighted by Crippen LogP contribution is -2.42. The number of aromatic nitrogens is 1. The minimum absolute atomic E-state index is 0.00803. The summed E-state index contributed by atoms with van der Waals surface area (Å²) in [6.07, 6.45) is -3.21.